The summed E-state index contributed by atoms with van der Waals surface area (Å²) in [6.07, 6.45) is 2.99. The third kappa shape index (κ3) is 7.42. The Hall–Kier alpha value is -4.75. The van der Waals surface area contributed by atoms with Crippen LogP contribution in [0.1, 0.15) is 53.8 Å². The molecule has 13 nitrogen and oxygen atoms in total. The minimum absolute atomic E-state index is 0.0170. The van der Waals surface area contributed by atoms with E-state index in [1.54, 1.807) is 26.4 Å². The van der Waals surface area contributed by atoms with Gasteiger partial charge in [-0.3, -0.25) is 14.5 Å². The molecule has 0 radical (unpaired) electrons. The van der Waals surface area contributed by atoms with E-state index in [0.717, 1.165) is 37.2 Å². The summed E-state index contributed by atoms with van der Waals surface area (Å²) in [4.78, 5) is 43.2. The molecule has 0 amide bonds. The van der Waals surface area contributed by atoms with Gasteiger partial charge in [0.25, 0.3) is 0 Å². The number of hydrogen-bond donors (Lipinski definition) is 2. The maximum atomic E-state index is 13.5. The Morgan fingerprint density at radius 2 is 1.71 bits per heavy atom. The van der Waals surface area contributed by atoms with Crippen molar-refractivity contribution in [2.24, 2.45) is 23.7 Å². The summed E-state index contributed by atoms with van der Waals surface area (Å²) in [6.45, 7) is 6.87. The summed E-state index contributed by atoms with van der Waals surface area (Å²) >= 11 is 0. The quantitative estimate of drug-likeness (QED) is 0.191. The van der Waals surface area contributed by atoms with Gasteiger partial charge in [-0.25, -0.2) is 4.79 Å². The van der Waals surface area contributed by atoms with Gasteiger partial charge >= 0.3 is 17.9 Å². The van der Waals surface area contributed by atoms with Crippen LogP contribution in [0.2, 0.25) is 0 Å². The Bertz CT molecular complexity index is 1740. The number of fused-ring (bicyclic) bond motifs is 6. The summed E-state index contributed by atoms with van der Waals surface area (Å²) in [6, 6.07) is 9.40. The molecular formula is C39H50N2O11. The molecule has 1 saturated heterocycles. The summed E-state index contributed by atoms with van der Waals surface area (Å²) in [5.74, 6) is -0.714. The Balaban J connectivity index is 0.000000587. The highest BCUT2D eigenvalue weighted by atomic mass is 16.6. The van der Waals surface area contributed by atoms with Gasteiger partial charge in [-0.1, -0.05) is 13.0 Å². The molecule has 7 atom stereocenters. The molecule has 282 valence electrons. The highest BCUT2D eigenvalue weighted by Crippen LogP contribution is 2.51. The maximum Gasteiger partial charge on any atom is 0.338 e. The zero-order valence-electron chi connectivity index (χ0n) is 30.9. The molecular weight excluding hydrogens is 672 g/mol. The molecule has 13 heteroatoms. The molecule has 0 bridgehead atoms. The molecule has 2 aliphatic heterocycles. The lowest BCUT2D eigenvalue weighted by Gasteiger charge is -2.52. The first kappa shape index (κ1) is 38.5. The molecule has 1 saturated carbocycles. The summed E-state index contributed by atoms with van der Waals surface area (Å²) in [5, 5.41) is 9.51. The van der Waals surface area contributed by atoms with E-state index in [0.29, 0.717) is 30.1 Å². The maximum absolute atomic E-state index is 13.5. The highest BCUT2D eigenvalue weighted by molar-refractivity contribution is 5.91. The van der Waals surface area contributed by atoms with E-state index in [-0.39, 0.29) is 35.3 Å². The summed E-state index contributed by atoms with van der Waals surface area (Å²) < 4.78 is 39.1. The number of carboxylic acid groups (broad SMARTS) is 1. The molecule has 52 heavy (non-hydrogen) atoms. The van der Waals surface area contributed by atoms with Gasteiger partial charge in [0, 0.05) is 42.9 Å². The number of methoxy groups -OCH3 is 6. The Morgan fingerprint density at radius 1 is 1.00 bits per heavy atom. The third-order valence-electron chi connectivity index (χ3n) is 10.8. The number of carbonyl (C=O) groups is 3. The van der Waals surface area contributed by atoms with Gasteiger partial charge < -0.3 is 43.2 Å². The fourth-order valence-electron chi connectivity index (χ4n) is 8.20. The predicted molar refractivity (Wildman–Crippen MR) is 192 cm³/mol. The van der Waals surface area contributed by atoms with Crippen molar-refractivity contribution in [1.29, 1.82) is 0 Å². The van der Waals surface area contributed by atoms with Gasteiger partial charge in [0.1, 0.15) is 18.0 Å². The molecule has 3 aliphatic rings. The molecule has 2 aromatic carbocycles. The average molecular weight is 723 g/mol. The van der Waals surface area contributed by atoms with Crippen LogP contribution in [0, 0.1) is 23.7 Å². The molecule has 1 aliphatic carbocycles. The minimum Gasteiger partial charge on any atom is -0.497 e. The van der Waals surface area contributed by atoms with Crippen LogP contribution in [0.15, 0.2) is 43.0 Å². The van der Waals surface area contributed by atoms with Crippen LogP contribution in [-0.2, 0) is 30.2 Å². The van der Waals surface area contributed by atoms with Crippen LogP contribution in [-0.4, -0.2) is 101 Å². The SMILES string of the molecule is C=CC(CC)C(=O)O.COC(=O)[C@H]1[C@H]2C[C@@H]3c4[nH]c5cc(OC)ccc5c4CCN3C[C@H]2C[C@@H](OC(=O)c2cc(OC)c(OC)c(OC)c2)[C@@H]1OC. The number of aromatic amines is 1. The van der Waals surface area contributed by atoms with Crippen molar-refractivity contribution in [2.75, 3.05) is 55.7 Å². The van der Waals surface area contributed by atoms with E-state index in [1.165, 1.54) is 51.2 Å². The number of piperidine rings is 1. The Labute approximate surface area is 304 Å². The first-order valence-corrected chi connectivity index (χ1v) is 17.5. The normalized spacial score (nSPS) is 24.1. The topological polar surface area (TPSA) is 155 Å². The zero-order chi connectivity index (χ0) is 37.7. The molecule has 6 rings (SSSR count). The van der Waals surface area contributed by atoms with E-state index in [2.05, 4.69) is 22.5 Å². The standard InChI is InChI=1S/C33H40N2O9.C6H10O2/c1-38-19-7-8-20-21-9-10-35-16-18-13-27(44-32(36)17-11-25(39-2)30(41-4)26(12-17)40-3)31(42-5)28(33(37)43-6)22(18)15-24(35)29(21)34-23(20)14-19;1-3-5(4-2)6(7)8/h7-8,11-12,14,18,22,24,27-28,31,34H,9-10,13,15-16H2,1-6H3;3,5H,1,4H2,2H3,(H,7,8)/t18-,22+,24-,27-,28+,31+;/m1./s1. The smallest absolute Gasteiger partial charge is 0.338 e. The number of aliphatic carboxylic acids is 1. The van der Waals surface area contributed by atoms with Crippen LogP contribution in [0.4, 0.5) is 0 Å². The number of aromatic nitrogens is 1. The van der Waals surface area contributed by atoms with E-state index in [1.807, 2.05) is 19.1 Å². The number of benzene rings is 2. The lowest BCUT2D eigenvalue weighted by molar-refractivity contribution is -0.176. The molecule has 1 aromatic heterocycles. The largest absolute Gasteiger partial charge is 0.497 e. The number of nitrogens with zero attached hydrogens (tertiary/aromatic N) is 1. The fraction of sp³-hybridized carbons (Fsp3) is 0.513. The van der Waals surface area contributed by atoms with Gasteiger partial charge in [0.2, 0.25) is 5.75 Å². The second-order valence-corrected chi connectivity index (χ2v) is 13.3. The zero-order valence-corrected chi connectivity index (χ0v) is 30.9. The number of nitrogens with one attached hydrogen (secondary N) is 1. The molecule has 0 spiro atoms. The van der Waals surface area contributed by atoms with Crippen molar-refractivity contribution in [1.82, 2.24) is 9.88 Å². The second kappa shape index (κ2) is 16.7. The average Bonchev–Trinajstić information content (AvgIpc) is 3.54. The van der Waals surface area contributed by atoms with E-state index >= 15 is 0 Å². The van der Waals surface area contributed by atoms with Crippen molar-refractivity contribution in [3.8, 4) is 23.0 Å². The predicted octanol–water partition coefficient (Wildman–Crippen LogP) is 5.45. The Morgan fingerprint density at radius 3 is 2.25 bits per heavy atom. The van der Waals surface area contributed by atoms with E-state index in [4.69, 9.17) is 38.3 Å². The molecule has 2 fully saturated rings. The monoisotopic (exact) mass is 722 g/mol. The van der Waals surface area contributed by atoms with Crippen LogP contribution in [0.5, 0.6) is 23.0 Å². The summed E-state index contributed by atoms with van der Waals surface area (Å²) in [7, 11) is 9.10. The van der Waals surface area contributed by atoms with Crippen LogP contribution in [0.25, 0.3) is 10.9 Å². The van der Waals surface area contributed by atoms with E-state index in [9.17, 15) is 14.4 Å². The lowest BCUT2D eigenvalue weighted by Crippen LogP contribution is -2.58. The van der Waals surface area contributed by atoms with Gasteiger partial charge in [-0.2, -0.15) is 0 Å². The first-order valence-electron chi connectivity index (χ1n) is 17.5. The Kier molecular flexibility index (Phi) is 12.4. The van der Waals surface area contributed by atoms with Gasteiger partial charge in [-0.05, 0) is 67.3 Å². The fourth-order valence-corrected chi connectivity index (χ4v) is 8.20. The van der Waals surface area contributed by atoms with Gasteiger partial charge in [0.15, 0.2) is 11.5 Å². The molecule has 2 N–H and O–H groups in total. The van der Waals surface area contributed by atoms with Crippen LogP contribution >= 0.6 is 0 Å². The second-order valence-electron chi connectivity index (χ2n) is 13.3. The lowest BCUT2D eigenvalue weighted by atomic mass is 9.63. The van der Waals surface area contributed by atoms with Gasteiger partial charge in [0.05, 0.1) is 59.0 Å². The molecule has 3 aromatic rings. The van der Waals surface area contributed by atoms with Crippen molar-refractivity contribution < 1.29 is 52.6 Å². The highest BCUT2D eigenvalue weighted by Gasteiger charge is 2.54. The summed E-state index contributed by atoms with van der Waals surface area (Å²) in [5.41, 5.74) is 3.83. The number of rotatable bonds is 11. The number of esters is 2. The van der Waals surface area contributed by atoms with Crippen molar-refractivity contribution in [2.45, 2.75) is 50.9 Å². The number of carbonyl (C=O) groups excluding carboxylic acids is 2. The van der Waals surface area contributed by atoms with Crippen molar-refractivity contribution >= 4 is 28.8 Å². The number of ether oxygens (including phenoxy) is 7. The van der Waals surface area contributed by atoms with Crippen molar-refractivity contribution in [3.63, 3.8) is 0 Å². The van der Waals surface area contributed by atoms with Crippen molar-refractivity contribution in [3.05, 3.63) is 59.8 Å². The number of H-pyrrole nitrogens is 1. The van der Waals surface area contributed by atoms with Gasteiger partial charge in [-0.15, -0.1) is 6.58 Å². The van der Waals surface area contributed by atoms with E-state index < -0.39 is 30.1 Å². The van der Waals surface area contributed by atoms with Crippen LogP contribution in [0.3, 0.4) is 0 Å². The number of carboxylic acids is 1. The third-order valence-corrected chi connectivity index (χ3v) is 10.8. The first-order chi connectivity index (χ1) is 25.1. The number of hydrogen-bond acceptors (Lipinski definition) is 11. The van der Waals surface area contributed by atoms with Crippen LogP contribution < -0.4 is 18.9 Å². The minimum atomic E-state index is -0.789. The molecule has 1 unspecified atom stereocenters. The molecule has 3 heterocycles.